The highest BCUT2D eigenvalue weighted by Crippen LogP contribution is 2.21. The molecule has 0 saturated heterocycles. The zero-order valence-electron chi connectivity index (χ0n) is 14.2. The third-order valence-corrected chi connectivity index (χ3v) is 5.02. The van der Waals surface area contributed by atoms with Crippen molar-refractivity contribution in [2.75, 3.05) is 13.2 Å². The van der Waals surface area contributed by atoms with E-state index in [1.54, 1.807) is 12.1 Å². The zero-order valence-corrected chi connectivity index (χ0v) is 15.0. The summed E-state index contributed by atoms with van der Waals surface area (Å²) in [5.74, 6) is 1.42. The van der Waals surface area contributed by atoms with E-state index < -0.39 is 10.0 Å². The molecule has 0 aliphatic rings. The van der Waals surface area contributed by atoms with E-state index >= 15 is 0 Å². The lowest BCUT2D eigenvalue weighted by molar-refractivity contribution is 0.340. The second-order valence-electron chi connectivity index (χ2n) is 5.25. The van der Waals surface area contributed by atoms with E-state index in [0.717, 1.165) is 11.3 Å². The van der Waals surface area contributed by atoms with Gasteiger partial charge in [-0.3, -0.25) is 0 Å². The second kappa shape index (κ2) is 8.17. The molecule has 0 heterocycles. The summed E-state index contributed by atoms with van der Waals surface area (Å²) in [5.41, 5.74) is 0.868. The molecule has 5 nitrogen and oxygen atoms in total. The first-order valence-corrected chi connectivity index (χ1v) is 9.42. The minimum absolute atomic E-state index is 0.212. The lowest BCUT2D eigenvalue weighted by atomic mass is 10.1. The maximum absolute atomic E-state index is 12.5. The molecule has 1 N–H and O–H groups in total. The van der Waals surface area contributed by atoms with E-state index in [1.165, 1.54) is 12.1 Å². The average molecular weight is 349 g/mol. The van der Waals surface area contributed by atoms with E-state index in [0.29, 0.717) is 19.0 Å². The van der Waals surface area contributed by atoms with Crippen LogP contribution < -0.4 is 14.2 Å². The summed E-state index contributed by atoms with van der Waals surface area (Å²) in [7, 11) is -3.60. The van der Waals surface area contributed by atoms with Crippen LogP contribution in [-0.4, -0.2) is 21.6 Å². The number of benzene rings is 2. The summed E-state index contributed by atoms with van der Waals surface area (Å²) in [6.45, 7) is 6.74. The van der Waals surface area contributed by atoms with Gasteiger partial charge in [-0.05, 0) is 62.7 Å². The maximum Gasteiger partial charge on any atom is 0.241 e. The predicted octanol–water partition coefficient (Wildman–Crippen LogP) is 3.52. The fourth-order valence-corrected chi connectivity index (χ4v) is 3.50. The van der Waals surface area contributed by atoms with Gasteiger partial charge in [0, 0.05) is 6.04 Å². The Morgan fingerprint density at radius 3 is 1.79 bits per heavy atom. The first kappa shape index (κ1) is 18.3. The largest absolute Gasteiger partial charge is 0.494 e. The molecule has 0 bridgehead atoms. The van der Waals surface area contributed by atoms with Crippen molar-refractivity contribution in [2.24, 2.45) is 0 Å². The maximum atomic E-state index is 12.5. The average Bonchev–Trinajstić information content (AvgIpc) is 2.56. The molecule has 0 aliphatic carbocycles. The predicted molar refractivity (Wildman–Crippen MR) is 94.0 cm³/mol. The van der Waals surface area contributed by atoms with Crippen LogP contribution in [0.5, 0.6) is 11.5 Å². The molecule has 6 heteroatoms. The van der Waals surface area contributed by atoms with Gasteiger partial charge in [-0.1, -0.05) is 12.1 Å². The highest BCUT2D eigenvalue weighted by molar-refractivity contribution is 7.89. The first-order chi connectivity index (χ1) is 11.5. The van der Waals surface area contributed by atoms with Gasteiger partial charge in [0.05, 0.1) is 18.1 Å². The molecule has 0 unspecified atom stereocenters. The Morgan fingerprint density at radius 1 is 0.875 bits per heavy atom. The first-order valence-electron chi connectivity index (χ1n) is 7.94. The van der Waals surface area contributed by atoms with Gasteiger partial charge in [0.25, 0.3) is 0 Å². The van der Waals surface area contributed by atoms with Gasteiger partial charge in [-0.15, -0.1) is 0 Å². The normalized spacial score (nSPS) is 12.6. The van der Waals surface area contributed by atoms with Crippen molar-refractivity contribution in [3.8, 4) is 11.5 Å². The van der Waals surface area contributed by atoms with Crippen molar-refractivity contribution in [1.82, 2.24) is 4.72 Å². The number of sulfonamides is 1. The Bertz CT molecular complexity index is 740. The fourth-order valence-electron chi connectivity index (χ4n) is 2.27. The summed E-state index contributed by atoms with van der Waals surface area (Å²) >= 11 is 0. The minimum Gasteiger partial charge on any atom is -0.494 e. The van der Waals surface area contributed by atoms with Crippen molar-refractivity contribution in [1.29, 1.82) is 0 Å². The summed E-state index contributed by atoms with van der Waals surface area (Å²) in [6, 6.07) is 13.4. The van der Waals surface area contributed by atoms with Crippen LogP contribution in [0.4, 0.5) is 0 Å². The van der Waals surface area contributed by atoms with Gasteiger partial charge in [-0.2, -0.15) is 0 Å². The topological polar surface area (TPSA) is 64.6 Å². The van der Waals surface area contributed by atoms with Crippen LogP contribution in [-0.2, 0) is 10.0 Å². The van der Waals surface area contributed by atoms with Gasteiger partial charge in [0.2, 0.25) is 10.0 Å². The number of hydrogen-bond donors (Lipinski definition) is 1. The fraction of sp³-hybridized carbons (Fsp3) is 0.333. The molecule has 0 spiro atoms. The lowest BCUT2D eigenvalue weighted by Gasteiger charge is -2.15. The molecular weight excluding hydrogens is 326 g/mol. The van der Waals surface area contributed by atoms with Gasteiger partial charge >= 0.3 is 0 Å². The number of rotatable bonds is 8. The Hall–Kier alpha value is -2.05. The third-order valence-electron chi connectivity index (χ3n) is 3.47. The van der Waals surface area contributed by atoms with Crippen molar-refractivity contribution in [3.63, 3.8) is 0 Å². The van der Waals surface area contributed by atoms with Crippen LogP contribution in [0.2, 0.25) is 0 Å². The number of nitrogens with one attached hydrogen (secondary N) is 1. The smallest absolute Gasteiger partial charge is 0.241 e. The summed E-state index contributed by atoms with van der Waals surface area (Å²) in [4.78, 5) is 0.212. The Kier molecular flexibility index (Phi) is 6.23. The van der Waals surface area contributed by atoms with Gasteiger partial charge in [-0.25, -0.2) is 13.1 Å². The van der Waals surface area contributed by atoms with E-state index in [-0.39, 0.29) is 10.9 Å². The SMILES string of the molecule is CCOc1ccc([C@H](C)NS(=O)(=O)c2ccc(OCC)cc2)cc1. The Morgan fingerprint density at radius 2 is 1.33 bits per heavy atom. The molecule has 130 valence electrons. The highest BCUT2D eigenvalue weighted by Gasteiger charge is 2.18. The number of hydrogen-bond acceptors (Lipinski definition) is 4. The van der Waals surface area contributed by atoms with Gasteiger partial charge in [0.15, 0.2) is 0 Å². The van der Waals surface area contributed by atoms with E-state index in [1.807, 2.05) is 45.0 Å². The molecule has 0 fully saturated rings. The molecule has 0 aliphatic heterocycles. The van der Waals surface area contributed by atoms with Crippen LogP contribution in [0.15, 0.2) is 53.4 Å². The van der Waals surface area contributed by atoms with Gasteiger partial charge < -0.3 is 9.47 Å². The monoisotopic (exact) mass is 349 g/mol. The molecule has 0 radical (unpaired) electrons. The lowest BCUT2D eigenvalue weighted by Crippen LogP contribution is -2.26. The molecule has 2 aromatic carbocycles. The van der Waals surface area contributed by atoms with Crippen LogP contribution in [0.25, 0.3) is 0 Å². The second-order valence-corrected chi connectivity index (χ2v) is 6.96. The highest BCUT2D eigenvalue weighted by atomic mass is 32.2. The van der Waals surface area contributed by atoms with Crippen LogP contribution in [0.3, 0.4) is 0 Å². The third kappa shape index (κ3) is 4.72. The van der Waals surface area contributed by atoms with E-state index in [9.17, 15) is 8.42 Å². The van der Waals surface area contributed by atoms with Crippen molar-refractivity contribution in [3.05, 3.63) is 54.1 Å². The van der Waals surface area contributed by atoms with E-state index in [2.05, 4.69) is 4.72 Å². The van der Waals surface area contributed by atoms with Crippen LogP contribution >= 0.6 is 0 Å². The molecule has 2 aromatic rings. The number of ether oxygens (including phenoxy) is 2. The standard InChI is InChI=1S/C18H23NO4S/c1-4-22-16-8-6-15(7-9-16)14(3)19-24(20,21)18-12-10-17(11-13-18)23-5-2/h6-14,19H,4-5H2,1-3H3/t14-/m0/s1. The summed E-state index contributed by atoms with van der Waals surface area (Å²) < 4.78 is 38.4. The summed E-state index contributed by atoms with van der Waals surface area (Å²) in [6.07, 6.45) is 0. The molecule has 24 heavy (non-hydrogen) atoms. The van der Waals surface area contributed by atoms with Crippen LogP contribution in [0.1, 0.15) is 32.4 Å². The van der Waals surface area contributed by atoms with Gasteiger partial charge in [0.1, 0.15) is 11.5 Å². The molecule has 0 saturated carbocycles. The van der Waals surface area contributed by atoms with Crippen LogP contribution in [0, 0.1) is 0 Å². The minimum atomic E-state index is -3.60. The molecule has 0 amide bonds. The molecule has 0 aromatic heterocycles. The molecule has 2 rings (SSSR count). The van der Waals surface area contributed by atoms with Crippen molar-refractivity contribution >= 4 is 10.0 Å². The van der Waals surface area contributed by atoms with E-state index in [4.69, 9.17) is 9.47 Å². The molecule has 1 atom stereocenters. The quantitative estimate of drug-likeness (QED) is 0.792. The van der Waals surface area contributed by atoms with Crippen molar-refractivity contribution in [2.45, 2.75) is 31.7 Å². The molecular formula is C18H23NO4S. The summed E-state index contributed by atoms with van der Waals surface area (Å²) in [5, 5.41) is 0. The van der Waals surface area contributed by atoms with Crippen molar-refractivity contribution < 1.29 is 17.9 Å². The zero-order chi connectivity index (χ0) is 17.6. The Balaban J connectivity index is 2.09. The Labute approximate surface area is 143 Å².